The van der Waals surface area contributed by atoms with Crippen molar-refractivity contribution in [2.75, 3.05) is 23.9 Å². The number of hydrogen-bond acceptors (Lipinski definition) is 4. The van der Waals surface area contributed by atoms with Gasteiger partial charge in [0.25, 0.3) is 0 Å². The summed E-state index contributed by atoms with van der Waals surface area (Å²) < 4.78 is 5.21. The van der Waals surface area contributed by atoms with Crippen molar-refractivity contribution in [3.8, 4) is 5.75 Å². The van der Waals surface area contributed by atoms with Crippen molar-refractivity contribution in [2.45, 2.75) is 32.9 Å². The molecule has 31 heavy (non-hydrogen) atoms. The van der Waals surface area contributed by atoms with Gasteiger partial charge in [0.15, 0.2) is 0 Å². The Kier molecular flexibility index (Phi) is 7.12. The second-order valence-electron chi connectivity index (χ2n) is 7.85. The van der Waals surface area contributed by atoms with Gasteiger partial charge in [-0.2, -0.15) is 0 Å². The molecule has 0 saturated heterocycles. The third-order valence-corrected chi connectivity index (χ3v) is 4.94. The maximum absolute atomic E-state index is 13.0. The summed E-state index contributed by atoms with van der Waals surface area (Å²) in [6.45, 7) is 4.18. The molecule has 8 heteroatoms. The monoisotopic (exact) mass is 424 g/mol. The predicted octanol–water partition coefficient (Wildman–Crippen LogP) is 2.89. The number of methoxy groups -OCH3 is 1. The van der Waals surface area contributed by atoms with E-state index in [-0.39, 0.29) is 24.3 Å². The van der Waals surface area contributed by atoms with Crippen molar-refractivity contribution in [3.05, 3.63) is 54.1 Å². The lowest BCUT2D eigenvalue weighted by Crippen LogP contribution is -2.54. The number of fused-ring (bicyclic) bond motifs is 1. The molecule has 0 saturated carbocycles. The molecule has 1 aliphatic rings. The van der Waals surface area contributed by atoms with Crippen LogP contribution in [0.5, 0.6) is 5.75 Å². The van der Waals surface area contributed by atoms with Crippen LogP contribution < -0.4 is 25.6 Å². The van der Waals surface area contributed by atoms with Gasteiger partial charge < -0.3 is 20.7 Å². The zero-order chi connectivity index (χ0) is 22.4. The normalized spacial score (nSPS) is 13.8. The first-order valence-corrected chi connectivity index (χ1v) is 10.2. The van der Waals surface area contributed by atoms with Crippen LogP contribution in [0.4, 0.5) is 16.2 Å². The van der Waals surface area contributed by atoms with Gasteiger partial charge in [0, 0.05) is 6.54 Å². The zero-order valence-electron chi connectivity index (χ0n) is 18.0. The van der Waals surface area contributed by atoms with E-state index in [1.807, 2.05) is 38.1 Å². The smallest absolute Gasteiger partial charge is 0.323 e. The average Bonchev–Trinajstić information content (AvgIpc) is 2.76. The molecule has 0 fully saturated rings. The Hall–Kier alpha value is -3.55. The maximum Gasteiger partial charge on any atom is 0.323 e. The van der Waals surface area contributed by atoms with E-state index in [4.69, 9.17) is 4.74 Å². The molecule has 0 aromatic heterocycles. The molecule has 2 aromatic carbocycles. The van der Waals surface area contributed by atoms with Crippen molar-refractivity contribution in [2.24, 2.45) is 5.92 Å². The highest BCUT2D eigenvalue weighted by Crippen LogP contribution is 2.28. The first kappa shape index (κ1) is 22.1. The summed E-state index contributed by atoms with van der Waals surface area (Å²) in [5.41, 5.74) is 2.06. The molecule has 8 nitrogen and oxygen atoms in total. The summed E-state index contributed by atoms with van der Waals surface area (Å²) in [6.07, 6.45) is 0.470. The molecule has 2 aromatic rings. The van der Waals surface area contributed by atoms with Crippen LogP contribution >= 0.6 is 0 Å². The topological polar surface area (TPSA) is 99.8 Å². The van der Waals surface area contributed by atoms with E-state index in [1.54, 1.807) is 31.4 Å². The molecule has 0 radical (unpaired) electrons. The Morgan fingerprint density at radius 1 is 1.16 bits per heavy atom. The summed E-state index contributed by atoms with van der Waals surface area (Å²) in [5.74, 6) is 0.335. The predicted molar refractivity (Wildman–Crippen MR) is 119 cm³/mol. The van der Waals surface area contributed by atoms with Crippen LogP contribution in [0.1, 0.15) is 25.8 Å². The maximum atomic E-state index is 13.0. The minimum Gasteiger partial charge on any atom is -0.497 e. The third-order valence-electron chi connectivity index (χ3n) is 4.94. The van der Waals surface area contributed by atoms with E-state index < -0.39 is 12.1 Å². The molecule has 1 aliphatic heterocycles. The summed E-state index contributed by atoms with van der Waals surface area (Å²) in [5, 5.41) is 8.44. The number of amides is 4. The van der Waals surface area contributed by atoms with Gasteiger partial charge in [-0.15, -0.1) is 0 Å². The van der Waals surface area contributed by atoms with Crippen LogP contribution in [0.15, 0.2) is 48.5 Å². The van der Waals surface area contributed by atoms with Crippen molar-refractivity contribution >= 4 is 29.2 Å². The van der Waals surface area contributed by atoms with Gasteiger partial charge >= 0.3 is 6.03 Å². The van der Waals surface area contributed by atoms with Crippen LogP contribution in [0.2, 0.25) is 0 Å². The largest absolute Gasteiger partial charge is 0.497 e. The molecular weight excluding hydrogens is 396 g/mol. The molecule has 3 rings (SSSR count). The Morgan fingerprint density at radius 2 is 1.94 bits per heavy atom. The van der Waals surface area contributed by atoms with E-state index in [0.29, 0.717) is 30.1 Å². The minimum absolute atomic E-state index is 0.108. The van der Waals surface area contributed by atoms with Gasteiger partial charge in [-0.3, -0.25) is 14.5 Å². The quantitative estimate of drug-likeness (QED) is 0.636. The molecule has 0 bridgehead atoms. The van der Waals surface area contributed by atoms with Gasteiger partial charge in [0.1, 0.15) is 18.3 Å². The number of carbonyl (C=O) groups is 3. The first-order chi connectivity index (χ1) is 14.9. The van der Waals surface area contributed by atoms with E-state index in [0.717, 1.165) is 5.56 Å². The molecule has 164 valence electrons. The van der Waals surface area contributed by atoms with E-state index in [9.17, 15) is 14.4 Å². The number of rotatable bonds is 7. The summed E-state index contributed by atoms with van der Waals surface area (Å²) in [7, 11) is 1.59. The van der Waals surface area contributed by atoms with Gasteiger partial charge in [-0.25, -0.2) is 4.79 Å². The molecule has 4 amide bonds. The van der Waals surface area contributed by atoms with E-state index in [2.05, 4.69) is 16.0 Å². The third kappa shape index (κ3) is 5.75. The van der Waals surface area contributed by atoms with Crippen LogP contribution in [-0.2, 0) is 16.1 Å². The van der Waals surface area contributed by atoms with E-state index in [1.165, 1.54) is 4.90 Å². The van der Waals surface area contributed by atoms with Gasteiger partial charge in [0.05, 0.1) is 18.5 Å². The summed E-state index contributed by atoms with van der Waals surface area (Å²) in [4.78, 5) is 39.3. The van der Waals surface area contributed by atoms with E-state index >= 15 is 0 Å². The zero-order valence-corrected chi connectivity index (χ0v) is 18.0. The van der Waals surface area contributed by atoms with Crippen LogP contribution in [0.25, 0.3) is 0 Å². The molecule has 0 spiro atoms. The molecule has 1 heterocycles. The van der Waals surface area contributed by atoms with Gasteiger partial charge in [-0.1, -0.05) is 38.1 Å². The van der Waals surface area contributed by atoms with Crippen LogP contribution in [0.3, 0.4) is 0 Å². The fourth-order valence-electron chi connectivity index (χ4n) is 3.44. The lowest BCUT2D eigenvalue weighted by Gasteiger charge is -2.31. The number of anilines is 2. The Labute approximate surface area is 182 Å². The highest BCUT2D eigenvalue weighted by molar-refractivity contribution is 6.10. The number of urea groups is 1. The molecule has 1 atom stereocenters. The van der Waals surface area contributed by atoms with Gasteiger partial charge in [0.2, 0.25) is 11.8 Å². The summed E-state index contributed by atoms with van der Waals surface area (Å²) in [6, 6.07) is 13.3. The lowest BCUT2D eigenvalue weighted by molar-refractivity contribution is -0.123. The minimum atomic E-state index is -0.727. The fraction of sp³-hybridized carbons (Fsp3) is 0.348. The van der Waals surface area contributed by atoms with Gasteiger partial charge in [-0.05, 0) is 42.2 Å². The second-order valence-corrected chi connectivity index (χ2v) is 7.85. The summed E-state index contributed by atoms with van der Waals surface area (Å²) >= 11 is 0. The molecule has 0 unspecified atom stereocenters. The Balaban J connectivity index is 1.69. The SMILES string of the molecule is COc1cccc(CNC(=O)[C@H](CC(C)C)NC(=O)N2CC(=O)Nc3ccccc32)c1. The number of carbonyl (C=O) groups excluding carboxylic acids is 3. The molecular formula is C23H28N4O4. The second kappa shape index (κ2) is 9.97. The van der Waals surface area contributed by atoms with Crippen LogP contribution in [0, 0.1) is 5.92 Å². The lowest BCUT2D eigenvalue weighted by atomic mass is 10.0. The van der Waals surface area contributed by atoms with Crippen LogP contribution in [-0.4, -0.2) is 37.5 Å². The number of hydrogen-bond donors (Lipinski definition) is 3. The van der Waals surface area contributed by atoms with Crippen molar-refractivity contribution < 1.29 is 19.1 Å². The van der Waals surface area contributed by atoms with Crippen molar-refractivity contribution in [1.29, 1.82) is 0 Å². The number of nitrogens with one attached hydrogen (secondary N) is 3. The standard InChI is InChI=1S/C23H28N4O4/c1-15(2)11-19(22(29)24-13-16-7-6-8-17(12-16)31-3)26-23(30)27-14-21(28)25-18-9-4-5-10-20(18)27/h4-10,12,15,19H,11,13-14H2,1-3H3,(H,24,29)(H,25,28)(H,26,30)/t19-/m0/s1. The fourth-order valence-corrected chi connectivity index (χ4v) is 3.44. The average molecular weight is 425 g/mol. The number of ether oxygens (including phenoxy) is 1. The molecule has 3 N–H and O–H groups in total. The molecule has 0 aliphatic carbocycles. The number of nitrogens with zero attached hydrogens (tertiary/aromatic N) is 1. The highest BCUT2D eigenvalue weighted by Gasteiger charge is 2.30. The number of para-hydroxylation sites is 2. The van der Waals surface area contributed by atoms with Crippen molar-refractivity contribution in [3.63, 3.8) is 0 Å². The Morgan fingerprint density at radius 3 is 2.68 bits per heavy atom. The number of benzene rings is 2. The first-order valence-electron chi connectivity index (χ1n) is 10.2. The van der Waals surface area contributed by atoms with Crippen molar-refractivity contribution in [1.82, 2.24) is 10.6 Å². The Bertz CT molecular complexity index is 960. The highest BCUT2D eigenvalue weighted by atomic mass is 16.5.